The predicted molar refractivity (Wildman–Crippen MR) is 99.6 cm³/mol. The van der Waals surface area contributed by atoms with Crippen molar-refractivity contribution < 1.29 is 48.2 Å². The Hall–Kier alpha value is -0.820. The molecule has 0 aromatic heterocycles. The first kappa shape index (κ1) is 27.2. The second-order valence-electron chi connectivity index (χ2n) is 6.29. The van der Waals surface area contributed by atoms with Gasteiger partial charge >= 0.3 is 6.18 Å². The van der Waals surface area contributed by atoms with Crippen LogP contribution in [0.1, 0.15) is 25.8 Å². The van der Waals surface area contributed by atoms with Gasteiger partial charge in [0.25, 0.3) is 5.82 Å². The highest BCUT2D eigenvalue weighted by molar-refractivity contribution is 7.92. The molecule has 0 bridgehead atoms. The van der Waals surface area contributed by atoms with Crippen molar-refractivity contribution in [3.63, 3.8) is 0 Å². The summed E-state index contributed by atoms with van der Waals surface area (Å²) in [6.07, 6.45) is -4.16. The van der Waals surface area contributed by atoms with Gasteiger partial charge in [0, 0.05) is 24.5 Å². The number of sulfone groups is 1. The molecule has 1 heterocycles. The summed E-state index contributed by atoms with van der Waals surface area (Å²) in [5.74, 6) is -2.68. The molecule has 6 nitrogen and oxygen atoms in total. The lowest BCUT2D eigenvalue weighted by Gasteiger charge is -2.29. The number of hydrogen-bond donors (Lipinski definition) is 2. The number of benzene rings is 1. The molecule has 0 spiro atoms. The van der Waals surface area contributed by atoms with Gasteiger partial charge < -0.3 is 12.4 Å². The van der Waals surface area contributed by atoms with E-state index in [0.29, 0.717) is 22.9 Å². The van der Waals surface area contributed by atoms with Crippen LogP contribution in [0.4, 0.5) is 23.2 Å². The number of quaternary nitrogens is 1. The SMILES string of the molecule is CCC(=O)NC1=C(F)C(C)(S(C)(=O)=O)N(Cl)[NH+]1c1c(Cl)cc(C(F)(F)F)cc1Cl.[Cl-]. The molecular formula is C15H15Cl4F4N3O3S. The van der Waals surface area contributed by atoms with E-state index in [1.807, 2.05) is 0 Å². The van der Waals surface area contributed by atoms with E-state index in [1.54, 1.807) is 0 Å². The Balaban J connectivity index is 0.00000450. The Labute approximate surface area is 191 Å². The number of alkyl halides is 3. The third-order valence-corrected chi connectivity index (χ3v) is 7.36. The molecule has 1 aliphatic rings. The van der Waals surface area contributed by atoms with Crippen molar-refractivity contribution in [1.82, 2.24) is 9.84 Å². The van der Waals surface area contributed by atoms with Crippen LogP contribution in [0.2, 0.25) is 10.0 Å². The molecule has 1 aliphatic heterocycles. The number of rotatable bonds is 4. The van der Waals surface area contributed by atoms with Crippen LogP contribution >= 0.6 is 35.0 Å². The highest BCUT2D eigenvalue weighted by Gasteiger charge is 2.62. The fourth-order valence-electron chi connectivity index (χ4n) is 2.57. The summed E-state index contributed by atoms with van der Waals surface area (Å²) >= 11 is 18.1. The molecule has 2 rings (SSSR count). The summed E-state index contributed by atoms with van der Waals surface area (Å²) in [6, 6.07) is 1.07. The van der Waals surface area contributed by atoms with Crippen LogP contribution in [-0.2, 0) is 20.8 Å². The highest BCUT2D eigenvalue weighted by atomic mass is 35.5. The maximum atomic E-state index is 15.2. The van der Waals surface area contributed by atoms with Gasteiger partial charge in [-0.3, -0.25) is 10.1 Å². The zero-order chi connectivity index (χ0) is 22.5. The summed E-state index contributed by atoms with van der Waals surface area (Å²) in [4.78, 5) is 9.40. The van der Waals surface area contributed by atoms with Crippen molar-refractivity contribution >= 4 is 56.4 Å². The first-order valence-electron chi connectivity index (χ1n) is 7.87. The summed E-state index contributed by atoms with van der Waals surface area (Å²) in [6.45, 7) is 2.39. The van der Waals surface area contributed by atoms with Crippen LogP contribution < -0.4 is 22.7 Å². The Morgan fingerprint density at radius 1 is 1.27 bits per heavy atom. The molecule has 2 N–H and O–H groups in total. The van der Waals surface area contributed by atoms with Crippen LogP contribution in [0.15, 0.2) is 23.8 Å². The number of nitrogens with zero attached hydrogens (tertiary/aromatic N) is 1. The average Bonchev–Trinajstić information content (AvgIpc) is 2.76. The fraction of sp³-hybridized carbons (Fsp3) is 0.400. The minimum Gasteiger partial charge on any atom is -1.00 e. The zero-order valence-electron chi connectivity index (χ0n) is 15.5. The fourth-order valence-corrected chi connectivity index (χ4v) is 4.67. The quantitative estimate of drug-likeness (QED) is 0.432. The highest BCUT2D eigenvalue weighted by Crippen LogP contribution is 2.41. The predicted octanol–water partition coefficient (Wildman–Crippen LogP) is 0.343. The second kappa shape index (κ2) is 8.97. The van der Waals surface area contributed by atoms with E-state index in [2.05, 4.69) is 5.32 Å². The van der Waals surface area contributed by atoms with Crippen LogP contribution in [0.25, 0.3) is 0 Å². The van der Waals surface area contributed by atoms with Gasteiger partial charge in [0.1, 0.15) is 10.0 Å². The molecule has 1 amide bonds. The lowest BCUT2D eigenvalue weighted by atomic mass is 10.2. The smallest absolute Gasteiger partial charge is 0.416 e. The Bertz CT molecular complexity index is 980. The maximum absolute atomic E-state index is 15.2. The van der Waals surface area contributed by atoms with Crippen molar-refractivity contribution in [3.8, 4) is 0 Å². The summed E-state index contributed by atoms with van der Waals surface area (Å²) in [5, 5.41) is 0.559. The molecule has 1 aromatic carbocycles. The Morgan fingerprint density at radius 3 is 2.10 bits per heavy atom. The molecule has 0 saturated heterocycles. The first-order chi connectivity index (χ1) is 13.1. The summed E-state index contributed by atoms with van der Waals surface area (Å²) in [5.41, 5.74) is -1.55. The molecule has 2 unspecified atom stereocenters. The van der Waals surface area contributed by atoms with E-state index < -0.39 is 59.1 Å². The lowest BCUT2D eigenvalue weighted by Crippen LogP contribution is -3.11. The zero-order valence-corrected chi connectivity index (χ0v) is 19.3. The minimum absolute atomic E-state index is 0. The third kappa shape index (κ3) is 4.52. The maximum Gasteiger partial charge on any atom is 0.416 e. The topological polar surface area (TPSA) is 70.9 Å². The van der Waals surface area contributed by atoms with Crippen molar-refractivity contribution in [1.29, 1.82) is 0 Å². The van der Waals surface area contributed by atoms with E-state index in [4.69, 9.17) is 35.0 Å². The molecular weight excluding hydrogens is 520 g/mol. The summed E-state index contributed by atoms with van der Waals surface area (Å²) < 4.78 is 79.2. The molecule has 30 heavy (non-hydrogen) atoms. The Morgan fingerprint density at radius 2 is 1.73 bits per heavy atom. The minimum atomic E-state index is -4.77. The number of halogens is 8. The average molecular weight is 535 g/mol. The van der Waals surface area contributed by atoms with E-state index in [9.17, 15) is 26.4 Å². The summed E-state index contributed by atoms with van der Waals surface area (Å²) in [7, 11) is -4.25. The van der Waals surface area contributed by atoms with Crippen molar-refractivity contribution in [2.75, 3.05) is 6.26 Å². The van der Waals surface area contributed by atoms with Gasteiger partial charge in [-0.1, -0.05) is 30.1 Å². The van der Waals surface area contributed by atoms with Crippen LogP contribution in [-0.4, -0.2) is 30.0 Å². The normalized spacial score (nSPS) is 22.8. The molecule has 0 saturated carbocycles. The number of amides is 1. The van der Waals surface area contributed by atoms with Gasteiger partial charge in [0.15, 0.2) is 15.5 Å². The Kier molecular flexibility index (Phi) is 8.14. The van der Waals surface area contributed by atoms with E-state index in [0.717, 1.165) is 6.92 Å². The number of carbonyl (C=O) groups excluding carboxylic acids is 1. The van der Waals surface area contributed by atoms with Gasteiger partial charge in [-0.05, 0) is 23.6 Å². The molecule has 0 aliphatic carbocycles. The van der Waals surface area contributed by atoms with Crippen molar-refractivity contribution in [3.05, 3.63) is 39.4 Å². The monoisotopic (exact) mass is 533 g/mol. The number of carbonyl (C=O) groups is 1. The standard InChI is InChI=1S/C15H14Cl3F4N3O3S.ClH/c1-4-10(26)23-13-12(19)14(2,29(3,27)28)25(18)24(13)11-8(16)5-7(6-9(11)17)15(20,21)22;/h5-6H,4H2,1-3H3,(H,23,26);1H. The number of nitrogens with one attached hydrogen (secondary N) is 2. The molecule has 2 atom stereocenters. The van der Waals surface area contributed by atoms with Gasteiger partial charge in [-0.2, -0.15) is 22.6 Å². The molecule has 170 valence electrons. The largest absolute Gasteiger partial charge is 1.00 e. The van der Waals surface area contributed by atoms with Crippen LogP contribution in [0.3, 0.4) is 0 Å². The molecule has 0 fully saturated rings. The van der Waals surface area contributed by atoms with Crippen LogP contribution in [0.5, 0.6) is 0 Å². The van der Waals surface area contributed by atoms with Gasteiger partial charge in [-0.15, -0.1) is 0 Å². The molecule has 15 heteroatoms. The van der Waals surface area contributed by atoms with Crippen molar-refractivity contribution in [2.45, 2.75) is 31.3 Å². The second-order valence-corrected chi connectivity index (χ2v) is 9.78. The number of hydrogen-bond acceptors (Lipinski definition) is 4. The molecule has 1 aromatic rings. The van der Waals surface area contributed by atoms with Gasteiger partial charge in [0.05, 0.1) is 5.56 Å². The van der Waals surface area contributed by atoms with E-state index in [-0.39, 0.29) is 24.5 Å². The van der Waals surface area contributed by atoms with E-state index >= 15 is 4.39 Å². The van der Waals surface area contributed by atoms with Gasteiger partial charge in [-0.25, -0.2) is 8.42 Å². The van der Waals surface area contributed by atoms with Crippen LogP contribution in [0, 0.1) is 0 Å². The van der Waals surface area contributed by atoms with Gasteiger partial charge in [0.2, 0.25) is 16.6 Å². The lowest BCUT2D eigenvalue weighted by molar-refractivity contribution is -0.900. The third-order valence-electron chi connectivity index (χ3n) is 4.35. The molecule has 0 radical (unpaired) electrons. The van der Waals surface area contributed by atoms with Crippen molar-refractivity contribution in [2.24, 2.45) is 0 Å². The van der Waals surface area contributed by atoms with E-state index in [1.165, 1.54) is 6.92 Å². The first-order valence-corrected chi connectivity index (χ1v) is 10.9.